The van der Waals surface area contributed by atoms with Gasteiger partial charge in [0.1, 0.15) is 0 Å². The summed E-state index contributed by atoms with van der Waals surface area (Å²) in [5.41, 5.74) is -0.500. The fraction of sp³-hybridized carbons (Fsp3) is 0.867. The van der Waals surface area contributed by atoms with E-state index in [1.807, 2.05) is 18.7 Å². The zero-order valence-electron chi connectivity index (χ0n) is 12.9. The summed E-state index contributed by atoms with van der Waals surface area (Å²) in [6.45, 7) is 7.86. The molecule has 1 aliphatic heterocycles. The Morgan fingerprint density at radius 2 is 2.05 bits per heavy atom. The molecule has 1 amide bonds. The Kier molecular flexibility index (Phi) is 6.46. The quantitative estimate of drug-likeness (QED) is 0.779. The molecule has 0 bridgehead atoms. The normalized spacial score (nSPS) is 19.9. The predicted molar refractivity (Wildman–Crippen MR) is 76.5 cm³/mol. The molecule has 0 saturated carbocycles. The van der Waals surface area contributed by atoms with Crippen LogP contribution in [0.25, 0.3) is 0 Å². The number of likely N-dealkylation sites (tertiary alicyclic amines) is 1. The van der Waals surface area contributed by atoms with E-state index in [1.165, 1.54) is 0 Å². The van der Waals surface area contributed by atoms with Crippen molar-refractivity contribution in [3.05, 3.63) is 0 Å². The van der Waals surface area contributed by atoms with Gasteiger partial charge in [0.25, 0.3) is 0 Å². The molecule has 1 N–H and O–H groups in total. The SMILES string of the molecule is CCCOC1CCCN(C(=O)CC(C)(C)CC(=O)O)C1. The van der Waals surface area contributed by atoms with Crippen LogP contribution in [-0.2, 0) is 14.3 Å². The Labute approximate surface area is 121 Å². The molecule has 1 heterocycles. The summed E-state index contributed by atoms with van der Waals surface area (Å²) in [6.07, 6.45) is 3.37. The van der Waals surface area contributed by atoms with Gasteiger partial charge in [0.2, 0.25) is 5.91 Å². The molecule has 1 atom stereocenters. The van der Waals surface area contributed by atoms with Crippen molar-refractivity contribution in [3.63, 3.8) is 0 Å². The Bertz CT molecular complexity index is 341. The highest BCUT2D eigenvalue weighted by atomic mass is 16.5. The third-order valence-corrected chi connectivity index (χ3v) is 3.55. The minimum atomic E-state index is -0.856. The smallest absolute Gasteiger partial charge is 0.303 e. The average molecular weight is 285 g/mol. The van der Waals surface area contributed by atoms with Crippen LogP contribution in [-0.4, -0.2) is 47.7 Å². The van der Waals surface area contributed by atoms with Gasteiger partial charge in [-0.15, -0.1) is 0 Å². The van der Waals surface area contributed by atoms with Crippen molar-refractivity contribution in [3.8, 4) is 0 Å². The minimum absolute atomic E-state index is 0.0162. The lowest BCUT2D eigenvalue weighted by Crippen LogP contribution is -2.44. The van der Waals surface area contributed by atoms with Crippen molar-refractivity contribution < 1.29 is 19.4 Å². The lowest BCUT2D eigenvalue weighted by Gasteiger charge is -2.34. The van der Waals surface area contributed by atoms with Crippen molar-refractivity contribution in [1.29, 1.82) is 0 Å². The van der Waals surface area contributed by atoms with Crippen LogP contribution in [0.1, 0.15) is 52.9 Å². The van der Waals surface area contributed by atoms with E-state index in [4.69, 9.17) is 9.84 Å². The van der Waals surface area contributed by atoms with E-state index in [0.29, 0.717) is 6.54 Å². The average Bonchev–Trinajstić information content (AvgIpc) is 2.34. The van der Waals surface area contributed by atoms with Gasteiger partial charge in [-0.2, -0.15) is 0 Å². The van der Waals surface area contributed by atoms with Crippen LogP contribution in [0.5, 0.6) is 0 Å². The lowest BCUT2D eigenvalue weighted by molar-refractivity contribution is -0.142. The number of hydrogen-bond donors (Lipinski definition) is 1. The molecule has 5 heteroatoms. The van der Waals surface area contributed by atoms with Gasteiger partial charge in [-0.3, -0.25) is 9.59 Å². The Balaban J connectivity index is 2.48. The number of carboxylic acid groups (broad SMARTS) is 1. The van der Waals surface area contributed by atoms with Gasteiger partial charge in [0.15, 0.2) is 0 Å². The monoisotopic (exact) mass is 285 g/mol. The van der Waals surface area contributed by atoms with Crippen molar-refractivity contribution in [2.75, 3.05) is 19.7 Å². The van der Waals surface area contributed by atoms with E-state index < -0.39 is 11.4 Å². The largest absolute Gasteiger partial charge is 0.481 e. The minimum Gasteiger partial charge on any atom is -0.481 e. The first-order valence-corrected chi connectivity index (χ1v) is 7.45. The molecule has 1 saturated heterocycles. The molecule has 0 aromatic carbocycles. The first-order valence-electron chi connectivity index (χ1n) is 7.45. The van der Waals surface area contributed by atoms with Crippen LogP contribution < -0.4 is 0 Å². The number of nitrogens with zero attached hydrogens (tertiary/aromatic N) is 1. The number of carboxylic acids is 1. The number of ether oxygens (including phenoxy) is 1. The second-order valence-corrected chi connectivity index (χ2v) is 6.39. The van der Waals surface area contributed by atoms with E-state index >= 15 is 0 Å². The van der Waals surface area contributed by atoms with Crippen LogP contribution in [0.3, 0.4) is 0 Å². The van der Waals surface area contributed by atoms with Gasteiger partial charge >= 0.3 is 5.97 Å². The van der Waals surface area contributed by atoms with Crippen molar-refractivity contribution in [1.82, 2.24) is 4.90 Å². The molecule has 5 nitrogen and oxygen atoms in total. The maximum Gasteiger partial charge on any atom is 0.303 e. The molecule has 0 radical (unpaired) electrons. The van der Waals surface area contributed by atoms with Crippen LogP contribution in [0.2, 0.25) is 0 Å². The van der Waals surface area contributed by atoms with Gasteiger partial charge in [-0.1, -0.05) is 20.8 Å². The summed E-state index contributed by atoms with van der Waals surface area (Å²) in [5, 5.41) is 8.87. The molecule has 1 fully saturated rings. The maximum absolute atomic E-state index is 12.3. The van der Waals surface area contributed by atoms with Crippen LogP contribution in [0.4, 0.5) is 0 Å². The maximum atomic E-state index is 12.3. The summed E-state index contributed by atoms with van der Waals surface area (Å²) in [5.74, 6) is -0.813. The van der Waals surface area contributed by atoms with Crippen molar-refractivity contribution in [2.45, 2.75) is 59.0 Å². The number of carbonyl (C=O) groups is 2. The molecule has 20 heavy (non-hydrogen) atoms. The van der Waals surface area contributed by atoms with E-state index in [2.05, 4.69) is 6.92 Å². The van der Waals surface area contributed by atoms with Crippen LogP contribution in [0, 0.1) is 5.41 Å². The zero-order valence-corrected chi connectivity index (χ0v) is 12.9. The Morgan fingerprint density at radius 1 is 1.35 bits per heavy atom. The van der Waals surface area contributed by atoms with Crippen molar-refractivity contribution in [2.24, 2.45) is 5.41 Å². The molecule has 1 aliphatic rings. The van der Waals surface area contributed by atoms with E-state index in [1.54, 1.807) is 0 Å². The van der Waals surface area contributed by atoms with Gasteiger partial charge in [-0.25, -0.2) is 0 Å². The molecular weight excluding hydrogens is 258 g/mol. The summed E-state index contributed by atoms with van der Waals surface area (Å²) < 4.78 is 5.72. The highest BCUT2D eigenvalue weighted by molar-refractivity contribution is 5.78. The molecule has 1 rings (SSSR count). The lowest BCUT2D eigenvalue weighted by atomic mass is 9.85. The van der Waals surface area contributed by atoms with Gasteiger partial charge < -0.3 is 14.7 Å². The predicted octanol–water partition coefficient (Wildman–Crippen LogP) is 2.29. The number of piperidine rings is 1. The van der Waals surface area contributed by atoms with Gasteiger partial charge in [0, 0.05) is 26.1 Å². The summed E-state index contributed by atoms with van der Waals surface area (Å²) >= 11 is 0. The third-order valence-electron chi connectivity index (χ3n) is 3.55. The molecule has 0 spiro atoms. The molecule has 0 aliphatic carbocycles. The van der Waals surface area contributed by atoms with Crippen molar-refractivity contribution >= 4 is 11.9 Å². The fourth-order valence-corrected chi connectivity index (χ4v) is 2.58. The molecule has 116 valence electrons. The number of aliphatic carboxylic acids is 1. The second-order valence-electron chi connectivity index (χ2n) is 6.39. The number of hydrogen-bond acceptors (Lipinski definition) is 3. The van der Waals surface area contributed by atoms with E-state index in [0.717, 1.165) is 32.4 Å². The van der Waals surface area contributed by atoms with E-state index in [9.17, 15) is 9.59 Å². The van der Waals surface area contributed by atoms with Gasteiger partial charge in [0.05, 0.1) is 12.5 Å². The Hall–Kier alpha value is -1.10. The highest BCUT2D eigenvalue weighted by Crippen LogP contribution is 2.27. The zero-order chi connectivity index (χ0) is 15.2. The molecule has 1 unspecified atom stereocenters. The molecule has 0 aromatic rings. The number of carbonyl (C=O) groups excluding carboxylic acids is 1. The van der Waals surface area contributed by atoms with E-state index in [-0.39, 0.29) is 24.9 Å². The van der Waals surface area contributed by atoms with Crippen LogP contribution >= 0.6 is 0 Å². The third kappa shape index (κ3) is 5.90. The highest BCUT2D eigenvalue weighted by Gasteiger charge is 2.30. The summed E-state index contributed by atoms with van der Waals surface area (Å²) in [4.78, 5) is 24.9. The number of rotatable bonds is 7. The number of amides is 1. The molecular formula is C15H27NO4. The fourth-order valence-electron chi connectivity index (χ4n) is 2.58. The standard InChI is InChI=1S/C15H27NO4/c1-4-8-20-12-6-5-7-16(11-12)13(17)9-15(2,3)10-14(18)19/h12H,4-11H2,1-3H3,(H,18,19). The summed E-state index contributed by atoms with van der Waals surface area (Å²) in [6, 6.07) is 0. The Morgan fingerprint density at radius 3 is 2.65 bits per heavy atom. The van der Waals surface area contributed by atoms with Crippen LogP contribution in [0.15, 0.2) is 0 Å². The topological polar surface area (TPSA) is 66.8 Å². The summed E-state index contributed by atoms with van der Waals surface area (Å²) in [7, 11) is 0. The van der Waals surface area contributed by atoms with Gasteiger partial charge in [-0.05, 0) is 24.7 Å². The first-order chi connectivity index (χ1) is 9.34. The first kappa shape index (κ1) is 17.0. The second kappa shape index (κ2) is 7.62. The molecule has 0 aromatic heterocycles.